The van der Waals surface area contributed by atoms with Crippen LogP contribution in [-0.2, 0) is 13.1 Å². The first-order valence-electron chi connectivity index (χ1n) is 5.72. The maximum absolute atomic E-state index is 5.69. The molecule has 1 atom stereocenters. The van der Waals surface area contributed by atoms with Crippen molar-refractivity contribution in [2.24, 2.45) is 5.73 Å². The van der Waals surface area contributed by atoms with Crippen molar-refractivity contribution in [3.63, 3.8) is 0 Å². The smallest absolute Gasteiger partial charge is 0.0584 e. The third kappa shape index (κ3) is 2.75. The topological polar surface area (TPSA) is 42.2 Å². The predicted molar refractivity (Wildman–Crippen MR) is 69.3 cm³/mol. The van der Waals surface area contributed by atoms with Gasteiger partial charge in [0.1, 0.15) is 0 Å². The van der Waals surface area contributed by atoms with E-state index in [1.54, 1.807) is 0 Å². The molecule has 88 valence electrons. The quantitative estimate of drug-likeness (QED) is 0.861. The van der Waals surface area contributed by atoms with Gasteiger partial charge >= 0.3 is 0 Å². The lowest BCUT2D eigenvalue weighted by Crippen LogP contribution is -2.31. The number of aromatic nitrogens is 1. The second-order valence-electron chi connectivity index (χ2n) is 4.25. The molecular formula is C12H19N3S. The SMILES string of the molecule is CN(Cc1cccnc1CN)C1CCSC1. The molecule has 2 heterocycles. The van der Waals surface area contributed by atoms with Crippen molar-refractivity contribution in [1.82, 2.24) is 9.88 Å². The lowest BCUT2D eigenvalue weighted by molar-refractivity contribution is 0.253. The molecule has 0 spiro atoms. The summed E-state index contributed by atoms with van der Waals surface area (Å²) in [6.45, 7) is 1.50. The Kier molecular flexibility index (Phi) is 4.21. The number of hydrogen-bond acceptors (Lipinski definition) is 4. The molecule has 2 rings (SSSR count). The number of nitrogens with two attached hydrogens (primary N) is 1. The first kappa shape index (κ1) is 11.9. The number of nitrogens with zero attached hydrogens (tertiary/aromatic N) is 2. The molecule has 1 unspecified atom stereocenters. The summed E-state index contributed by atoms with van der Waals surface area (Å²) in [6, 6.07) is 4.84. The molecule has 4 heteroatoms. The fourth-order valence-corrected chi connectivity index (χ4v) is 3.37. The molecule has 0 aliphatic carbocycles. The van der Waals surface area contributed by atoms with Gasteiger partial charge in [-0.25, -0.2) is 0 Å². The van der Waals surface area contributed by atoms with Crippen LogP contribution in [-0.4, -0.2) is 34.5 Å². The minimum absolute atomic E-state index is 0.531. The Morgan fingerprint density at radius 1 is 1.62 bits per heavy atom. The molecule has 1 aliphatic rings. The van der Waals surface area contributed by atoms with E-state index >= 15 is 0 Å². The number of rotatable bonds is 4. The summed E-state index contributed by atoms with van der Waals surface area (Å²) < 4.78 is 0. The molecule has 0 amide bonds. The molecule has 1 aromatic rings. The number of thioether (sulfide) groups is 1. The van der Waals surface area contributed by atoms with Crippen molar-refractivity contribution < 1.29 is 0 Å². The fourth-order valence-electron chi connectivity index (χ4n) is 2.07. The van der Waals surface area contributed by atoms with Crippen LogP contribution in [0.15, 0.2) is 18.3 Å². The van der Waals surface area contributed by atoms with E-state index in [0.717, 1.165) is 18.3 Å². The first-order valence-corrected chi connectivity index (χ1v) is 6.87. The molecular weight excluding hydrogens is 218 g/mol. The van der Waals surface area contributed by atoms with E-state index in [-0.39, 0.29) is 0 Å². The van der Waals surface area contributed by atoms with Crippen LogP contribution in [0.3, 0.4) is 0 Å². The van der Waals surface area contributed by atoms with Crippen LogP contribution in [0.2, 0.25) is 0 Å². The highest BCUT2D eigenvalue weighted by atomic mass is 32.2. The largest absolute Gasteiger partial charge is 0.325 e. The zero-order valence-electron chi connectivity index (χ0n) is 9.72. The van der Waals surface area contributed by atoms with Crippen molar-refractivity contribution >= 4 is 11.8 Å². The third-order valence-electron chi connectivity index (χ3n) is 3.13. The Hall–Kier alpha value is -0.580. The maximum atomic E-state index is 5.69. The highest BCUT2D eigenvalue weighted by molar-refractivity contribution is 7.99. The van der Waals surface area contributed by atoms with Gasteiger partial charge in [0, 0.05) is 31.1 Å². The van der Waals surface area contributed by atoms with Crippen molar-refractivity contribution in [2.75, 3.05) is 18.6 Å². The van der Waals surface area contributed by atoms with Gasteiger partial charge in [0.05, 0.1) is 5.69 Å². The Balaban J connectivity index is 2.01. The number of hydrogen-bond donors (Lipinski definition) is 1. The van der Waals surface area contributed by atoms with Gasteiger partial charge in [0.15, 0.2) is 0 Å². The van der Waals surface area contributed by atoms with Crippen molar-refractivity contribution in [3.8, 4) is 0 Å². The Morgan fingerprint density at radius 2 is 2.50 bits per heavy atom. The minimum Gasteiger partial charge on any atom is -0.325 e. The molecule has 16 heavy (non-hydrogen) atoms. The predicted octanol–water partition coefficient (Wildman–Crippen LogP) is 1.48. The van der Waals surface area contributed by atoms with E-state index in [1.165, 1.54) is 23.5 Å². The molecule has 0 bridgehead atoms. The van der Waals surface area contributed by atoms with E-state index in [9.17, 15) is 0 Å². The van der Waals surface area contributed by atoms with Gasteiger partial charge in [0.25, 0.3) is 0 Å². The molecule has 1 aliphatic heterocycles. The lowest BCUT2D eigenvalue weighted by atomic mass is 10.1. The summed E-state index contributed by atoms with van der Waals surface area (Å²) in [5.74, 6) is 2.56. The van der Waals surface area contributed by atoms with Crippen LogP contribution in [0.4, 0.5) is 0 Å². The third-order valence-corrected chi connectivity index (χ3v) is 4.27. The molecule has 1 saturated heterocycles. The van der Waals surface area contributed by atoms with Gasteiger partial charge in [-0.15, -0.1) is 0 Å². The molecule has 1 fully saturated rings. The van der Waals surface area contributed by atoms with E-state index in [1.807, 2.05) is 24.0 Å². The summed E-state index contributed by atoms with van der Waals surface area (Å²) in [6.07, 6.45) is 3.12. The monoisotopic (exact) mass is 237 g/mol. The van der Waals surface area contributed by atoms with Gasteiger partial charge in [-0.1, -0.05) is 6.07 Å². The highest BCUT2D eigenvalue weighted by Crippen LogP contribution is 2.22. The lowest BCUT2D eigenvalue weighted by Gasteiger charge is -2.24. The van der Waals surface area contributed by atoms with Crippen LogP contribution < -0.4 is 5.73 Å². The van der Waals surface area contributed by atoms with E-state index < -0.39 is 0 Å². The number of pyridine rings is 1. The molecule has 2 N–H and O–H groups in total. The fraction of sp³-hybridized carbons (Fsp3) is 0.583. The zero-order chi connectivity index (χ0) is 11.4. The highest BCUT2D eigenvalue weighted by Gasteiger charge is 2.20. The van der Waals surface area contributed by atoms with Crippen molar-refractivity contribution in [2.45, 2.75) is 25.6 Å². The van der Waals surface area contributed by atoms with Crippen LogP contribution in [0, 0.1) is 0 Å². The van der Waals surface area contributed by atoms with Crippen molar-refractivity contribution in [1.29, 1.82) is 0 Å². The van der Waals surface area contributed by atoms with Crippen LogP contribution in [0.25, 0.3) is 0 Å². The molecule has 1 aromatic heterocycles. The van der Waals surface area contributed by atoms with Crippen LogP contribution in [0.5, 0.6) is 0 Å². The average molecular weight is 237 g/mol. The summed E-state index contributed by atoms with van der Waals surface area (Å²) in [5.41, 5.74) is 7.99. The van der Waals surface area contributed by atoms with Gasteiger partial charge in [-0.3, -0.25) is 9.88 Å². The summed E-state index contributed by atoms with van der Waals surface area (Å²) in [5, 5.41) is 0. The normalized spacial score (nSPS) is 20.6. The molecule has 0 aromatic carbocycles. The van der Waals surface area contributed by atoms with Gasteiger partial charge in [-0.2, -0.15) is 11.8 Å². The van der Waals surface area contributed by atoms with Crippen LogP contribution >= 0.6 is 11.8 Å². The van der Waals surface area contributed by atoms with Gasteiger partial charge in [-0.05, 0) is 30.9 Å². The van der Waals surface area contributed by atoms with Crippen LogP contribution in [0.1, 0.15) is 17.7 Å². The molecule has 3 nitrogen and oxygen atoms in total. The van der Waals surface area contributed by atoms with E-state index in [0.29, 0.717) is 6.54 Å². The Labute approximate surface area is 101 Å². The summed E-state index contributed by atoms with van der Waals surface area (Å²) in [4.78, 5) is 6.75. The summed E-state index contributed by atoms with van der Waals surface area (Å²) >= 11 is 2.05. The first-order chi connectivity index (χ1) is 7.81. The average Bonchev–Trinajstić information content (AvgIpc) is 2.83. The minimum atomic E-state index is 0.531. The molecule has 0 radical (unpaired) electrons. The van der Waals surface area contributed by atoms with Crippen molar-refractivity contribution in [3.05, 3.63) is 29.6 Å². The second kappa shape index (κ2) is 5.66. The van der Waals surface area contributed by atoms with Gasteiger partial charge in [0.2, 0.25) is 0 Å². The van der Waals surface area contributed by atoms with E-state index in [4.69, 9.17) is 5.73 Å². The Morgan fingerprint density at radius 3 is 3.19 bits per heavy atom. The standard InChI is InChI=1S/C12H19N3S/c1-15(11-4-6-16-9-11)8-10-3-2-5-14-12(10)7-13/h2-3,5,11H,4,6-9,13H2,1H3. The maximum Gasteiger partial charge on any atom is 0.0584 e. The molecule has 0 saturated carbocycles. The zero-order valence-corrected chi connectivity index (χ0v) is 10.5. The van der Waals surface area contributed by atoms with Gasteiger partial charge < -0.3 is 5.73 Å². The summed E-state index contributed by atoms with van der Waals surface area (Å²) in [7, 11) is 2.20. The Bertz CT molecular complexity index is 337. The second-order valence-corrected chi connectivity index (χ2v) is 5.40. The van der Waals surface area contributed by atoms with E-state index in [2.05, 4.69) is 23.0 Å².